The van der Waals surface area contributed by atoms with E-state index in [1.54, 1.807) is 0 Å². The van der Waals surface area contributed by atoms with Crippen LogP contribution in [0, 0.1) is 0 Å². The summed E-state index contributed by atoms with van der Waals surface area (Å²) in [4.78, 5) is 3.33. The summed E-state index contributed by atoms with van der Waals surface area (Å²) in [6.07, 6.45) is 7.06. The molecular formula is C9H20N3S+. The van der Waals surface area contributed by atoms with E-state index in [0.29, 0.717) is 5.37 Å². The second-order valence-electron chi connectivity index (χ2n) is 4.19. The van der Waals surface area contributed by atoms with Crippen LogP contribution in [0.4, 0.5) is 0 Å². The van der Waals surface area contributed by atoms with Gasteiger partial charge in [0.25, 0.3) is 0 Å². The van der Waals surface area contributed by atoms with Crippen LogP contribution >= 0.6 is 11.9 Å². The number of hydrogen-bond acceptors (Lipinski definition) is 3. The molecule has 2 aliphatic rings. The fourth-order valence-corrected chi connectivity index (χ4v) is 3.18. The molecule has 0 aromatic carbocycles. The van der Waals surface area contributed by atoms with Gasteiger partial charge in [-0.2, -0.15) is 0 Å². The van der Waals surface area contributed by atoms with Gasteiger partial charge in [0.15, 0.2) is 0 Å². The molecule has 0 radical (unpaired) electrons. The maximum absolute atomic E-state index is 3.73. The zero-order valence-corrected chi connectivity index (χ0v) is 9.12. The van der Waals surface area contributed by atoms with Gasteiger partial charge in [0.1, 0.15) is 11.9 Å². The van der Waals surface area contributed by atoms with Crippen molar-refractivity contribution in [3.8, 4) is 0 Å². The fraction of sp³-hybridized carbons (Fsp3) is 1.00. The third kappa shape index (κ3) is 2.84. The normalized spacial score (nSPS) is 36.7. The van der Waals surface area contributed by atoms with Gasteiger partial charge in [0, 0.05) is 6.04 Å². The van der Waals surface area contributed by atoms with Crippen LogP contribution in [0.5, 0.6) is 0 Å². The first-order valence-corrected chi connectivity index (χ1v) is 6.23. The predicted molar refractivity (Wildman–Crippen MR) is 56.3 cm³/mol. The second kappa shape index (κ2) is 4.64. The van der Waals surface area contributed by atoms with E-state index < -0.39 is 0 Å². The van der Waals surface area contributed by atoms with E-state index in [4.69, 9.17) is 0 Å². The van der Waals surface area contributed by atoms with Gasteiger partial charge in [0.2, 0.25) is 0 Å². The molecule has 13 heavy (non-hydrogen) atoms. The maximum Gasteiger partial charge on any atom is 0.124 e. The van der Waals surface area contributed by atoms with Crippen molar-refractivity contribution in [2.24, 2.45) is 0 Å². The highest BCUT2D eigenvalue weighted by atomic mass is 32.2. The molecule has 0 aromatic heterocycles. The third-order valence-corrected chi connectivity index (χ3v) is 3.95. The molecule has 2 rings (SSSR count). The van der Waals surface area contributed by atoms with E-state index in [-0.39, 0.29) is 0 Å². The van der Waals surface area contributed by atoms with E-state index in [1.807, 2.05) is 11.9 Å². The van der Waals surface area contributed by atoms with Crippen molar-refractivity contribution in [3.63, 3.8) is 0 Å². The van der Waals surface area contributed by atoms with Crippen LogP contribution in [0.15, 0.2) is 0 Å². The standard InChI is InChI=1S/C9H19N3S/c1-12-7-9(13-11-12)10-8-5-3-2-4-6-8/h8-11H,2-7H2,1H3/p+1. The fourth-order valence-electron chi connectivity index (χ4n) is 2.16. The molecule has 1 aliphatic carbocycles. The molecule has 76 valence electrons. The van der Waals surface area contributed by atoms with Gasteiger partial charge in [-0.1, -0.05) is 19.3 Å². The van der Waals surface area contributed by atoms with E-state index in [0.717, 1.165) is 6.04 Å². The minimum absolute atomic E-state index is 0.628. The van der Waals surface area contributed by atoms with Gasteiger partial charge in [-0.05, 0) is 24.8 Å². The van der Waals surface area contributed by atoms with Crippen LogP contribution in [0.3, 0.4) is 0 Å². The summed E-state index contributed by atoms with van der Waals surface area (Å²) in [6, 6.07) is 0.791. The SMILES string of the molecule is C[NH+]1CC(NC2CCCCC2)SN1. The Bertz CT molecular complexity index is 156. The molecule has 2 unspecified atom stereocenters. The predicted octanol–water partition coefficient (Wildman–Crippen LogP) is -0.0841. The Labute approximate surface area is 84.7 Å². The molecule has 1 saturated carbocycles. The van der Waals surface area contributed by atoms with Gasteiger partial charge < -0.3 is 0 Å². The lowest BCUT2D eigenvalue weighted by atomic mass is 9.95. The summed E-state index contributed by atoms with van der Waals surface area (Å²) in [6.45, 7) is 1.20. The minimum Gasteiger partial charge on any atom is -0.297 e. The van der Waals surface area contributed by atoms with E-state index in [2.05, 4.69) is 17.2 Å². The zero-order chi connectivity index (χ0) is 9.10. The summed E-state index contributed by atoms with van der Waals surface area (Å²) >= 11 is 1.85. The molecule has 0 spiro atoms. The average molecular weight is 202 g/mol. The Hall–Kier alpha value is 0.230. The second-order valence-corrected chi connectivity index (χ2v) is 5.20. The molecule has 3 N–H and O–H groups in total. The molecule has 1 heterocycles. The lowest BCUT2D eigenvalue weighted by Crippen LogP contribution is -3.13. The van der Waals surface area contributed by atoms with Gasteiger partial charge in [-0.25, -0.2) is 5.01 Å². The molecule has 0 bridgehead atoms. The summed E-state index contributed by atoms with van der Waals surface area (Å²) in [5.41, 5.74) is 0. The van der Waals surface area contributed by atoms with Crippen molar-refractivity contribution in [2.45, 2.75) is 43.5 Å². The highest BCUT2D eigenvalue weighted by Gasteiger charge is 2.26. The molecule has 0 amide bonds. The molecule has 4 heteroatoms. The number of nitrogens with one attached hydrogen (secondary N) is 3. The van der Waals surface area contributed by atoms with Crippen molar-refractivity contribution >= 4 is 11.9 Å². The summed E-state index contributed by atoms with van der Waals surface area (Å²) < 4.78 is 0. The minimum atomic E-state index is 0.628. The van der Waals surface area contributed by atoms with E-state index >= 15 is 0 Å². The molecule has 2 atom stereocenters. The largest absolute Gasteiger partial charge is 0.297 e. The van der Waals surface area contributed by atoms with Gasteiger partial charge >= 0.3 is 0 Å². The maximum atomic E-state index is 3.73. The first kappa shape index (κ1) is 9.77. The Balaban J connectivity index is 1.71. The Morgan fingerprint density at radius 1 is 1.31 bits per heavy atom. The molecule has 3 nitrogen and oxygen atoms in total. The lowest BCUT2D eigenvalue weighted by molar-refractivity contribution is -0.903. The summed E-state index contributed by atoms with van der Waals surface area (Å²) in [5.74, 6) is 0. The van der Waals surface area contributed by atoms with Crippen LogP contribution in [0.1, 0.15) is 32.1 Å². The number of rotatable bonds is 2. The average Bonchev–Trinajstić information content (AvgIpc) is 2.53. The van der Waals surface area contributed by atoms with Crippen LogP contribution in [0.25, 0.3) is 0 Å². The lowest BCUT2D eigenvalue weighted by Gasteiger charge is -2.24. The van der Waals surface area contributed by atoms with Crippen LogP contribution < -0.4 is 15.2 Å². The van der Waals surface area contributed by atoms with Crippen molar-refractivity contribution in [1.29, 1.82) is 0 Å². The summed E-state index contributed by atoms with van der Waals surface area (Å²) in [7, 11) is 2.18. The van der Waals surface area contributed by atoms with Gasteiger partial charge in [0.05, 0.1) is 7.05 Å². The molecule has 0 aromatic rings. The topological polar surface area (TPSA) is 28.5 Å². The quantitative estimate of drug-likeness (QED) is 0.547. The first-order valence-electron chi connectivity index (χ1n) is 5.35. The first-order chi connectivity index (χ1) is 6.34. The Morgan fingerprint density at radius 3 is 2.69 bits per heavy atom. The number of likely N-dealkylation sites (N-methyl/N-ethyl adjacent to an activating group) is 1. The Morgan fingerprint density at radius 2 is 2.08 bits per heavy atom. The zero-order valence-electron chi connectivity index (χ0n) is 8.31. The highest BCUT2D eigenvalue weighted by Crippen LogP contribution is 2.19. The molecular weight excluding hydrogens is 182 g/mol. The molecule has 1 aliphatic heterocycles. The van der Waals surface area contributed by atoms with Crippen molar-refractivity contribution < 1.29 is 5.01 Å². The van der Waals surface area contributed by atoms with Crippen LogP contribution in [-0.2, 0) is 0 Å². The van der Waals surface area contributed by atoms with Crippen molar-refractivity contribution in [2.75, 3.05) is 13.6 Å². The molecule has 2 fully saturated rings. The van der Waals surface area contributed by atoms with E-state index in [9.17, 15) is 0 Å². The van der Waals surface area contributed by atoms with Crippen molar-refractivity contribution in [3.05, 3.63) is 0 Å². The third-order valence-electron chi connectivity index (χ3n) is 2.89. The number of quaternary nitrogens is 1. The van der Waals surface area contributed by atoms with Crippen LogP contribution in [-0.4, -0.2) is 25.0 Å². The van der Waals surface area contributed by atoms with Crippen LogP contribution in [0.2, 0.25) is 0 Å². The highest BCUT2D eigenvalue weighted by molar-refractivity contribution is 7.97. The van der Waals surface area contributed by atoms with Crippen molar-refractivity contribution in [1.82, 2.24) is 10.1 Å². The van der Waals surface area contributed by atoms with Gasteiger partial charge in [-0.15, -0.1) is 4.83 Å². The summed E-state index contributed by atoms with van der Waals surface area (Å²) in [5, 5.41) is 5.77. The molecule has 1 saturated heterocycles. The van der Waals surface area contributed by atoms with Gasteiger partial charge in [-0.3, -0.25) is 5.32 Å². The Kier molecular flexibility index (Phi) is 3.49. The van der Waals surface area contributed by atoms with E-state index in [1.165, 1.54) is 43.7 Å². The number of hydrogen-bond donors (Lipinski definition) is 3. The monoisotopic (exact) mass is 202 g/mol. The smallest absolute Gasteiger partial charge is 0.124 e.